The molecule has 0 aliphatic rings. The van der Waals surface area contributed by atoms with Crippen molar-refractivity contribution in [3.05, 3.63) is 15.8 Å². The highest BCUT2D eigenvalue weighted by molar-refractivity contribution is 7.93. The summed E-state index contributed by atoms with van der Waals surface area (Å²) < 4.78 is 15.8. The van der Waals surface area contributed by atoms with E-state index in [1.165, 1.54) is 18.4 Å². The molecule has 1 atom stereocenters. The molecular formula is C8H13N3OS2. The first kappa shape index (κ1) is 11.2. The van der Waals surface area contributed by atoms with Gasteiger partial charge in [0.1, 0.15) is 5.84 Å². The summed E-state index contributed by atoms with van der Waals surface area (Å²) in [6.07, 6.45) is 1.59. The Bertz CT molecular complexity index is 481. The number of hydrogen-bond acceptors (Lipinski definition) is 4. The van der Waals surface area contributed by atoms with Gasteiger partial charge in [-0.25, -0.2) is 8.57 Å². The Morgan fingerprint density at radius 1 is 1.71 bits per heavy atom. The molecule has 0 spiro atoms. The third kappa shape index (κ3) is 1.96. The molecule has 0 bridgehead atoms. The van der Waals surface area contributed by atoms with Gasteiger partial charge >= 0.3 is 0 Å². The Morgan fingerprint density at radius 2 is 2.29 bits per heavy atom. The number of nitrogens with one attached hydrogen (secondary N) is 1. The van der Waals surface area contributed by atoms with Crippen LogP contribution < -0.4 is 5.73 Å². The number of thiophene rings is 1. The first-order valence-electron chi connectivity index (χ1n) is 3.93. The van der Waals surface area contributed by atoms with E-state index in [4.69, 9.17) is 11.1 Å². The first-order valence-corrected chi connectivity index (χ1v) is 6.67. The fourth-order valence-electron chi connectivity index (χ4n) is 1.07. The molecule has 78 valence electrons. The van der Waals surface area contributed by atoms with Crippen LogP contribution in [-0.2, 0) is 9.73 Å². The van der Waals surface area contributed by atoms with Gasteiger partial charge in [0.15, 0.2) is 0 Å². The van der Waals surface area contributed by atoms with Gasteiger partial charge in [-0.2, -0.15) is 0 Å². The lowest BCUT2D eigenvalue weighted by Gasteiger charge is -1.99. The van der Waals surface area contributed by atoms with Crippen LogP contribution in [-0.4, -0.2) is 23.3 Å². The summed E-state index contributed by atoms with van der Waals surface area (Å²) in [6.45, 7) is 1.86. The SMILES string of the molecule is CN=S(C)(=O)c1cc(C(=N)N)sc1C. The van der Waals surface area contributed by atoms with Crippen molar-refractivity contribution < 1.29 is 4.21 Å². The Kier molecular flexibility index (Phi) is 2.96. The van der Waals surface area contributed by atoms with Crippen LogP contribution in [0.5, 0.6) is 0 Å². The van der Waals surface area contributed by atoms with E-state index in [1.54, 1.807) is 12.3 Å². The highest BCUT2D eigenvalue weighted by atomic mass is 32.2. The summed E-state index contributed by atoms with van der Waals surface area (Å²) in [6, 6.07) is 1.69. The van der Waals surface area contributed by atoms with E-state index in [-0.39, 0.29) is 5.84 Å². The van der Waals surface area contributed by atoms with Crippen molar-refractivity contribution >= 4 is 26.9 Å². The second kappa shape index (κ2) is 3.70. The Balaban J connectivity index is 3.39. The molecule has 3 N–H and O–H groups in total. The third-order valence-electron chi connectivity index (χ3n) is 1.89. The van der Waals surface area contributed by atoms with Gasteiger partial charge < -0.3 is 5.73 Å². The maximum Gasteiger partial charge on any atom is 0.133 e. The van der Waals surface area contributed by atoms with Crippen molar-refractivity contribution in [1.82, 2.24) is 0 Å². The van der Waals surface area contributed by atoms with E-state index >= 15 is 0 Å². The van der Waals surface area contributed by atoms with E-state index in [0.29, 0.717) is 9.77 Å². The van der Waals surface area contributed by atoms with Gasteiger partial charge in [0.2, 0.25) is 0 Å². The molecule has 0 radical (unpaired) electrons. The summed E-state index contributed by atoms with van der Waals surface area (Å²) in [5.41, 5.74) is 5.35. The van der Waals surface area contributed by atoms with E-state index in [9.17, 15) is 4.21 Å². The molecule has 0 amide bonds. The molecule has 14 heavy (non-hydrogen) atoms. The summed E-state index contributed by atoms with van der Waals surface area (Å²) in [5, 5.41) is 7.27. The normalized spacial score (nSPS) is 14.8. The second-order valence-corrected chi connectivity index (χ2v) is 6.60. The molecular weight excluding hydrogens is 218 g/mol. The second-order valence-electron chi connectivity index (χ2n) is 2.93. The molecule has 1 aromatic heterocycles. The number of hydrogen-bond donors (Lipinski definition) is 2. The van der Waals surface area contributed by atoms with Gasteiger partial charge in [-0.1, -0.05) is 0 Å². The van der Waals surface area contributed by atoms with Gasteiger partial charge in [0, 0.05) is 18.2 Å². The summed E-state index contributed by atoms with van der Waals surface area (Å²) in [5.74, 6) is 0.00986. The maximum absolute atomic E-state index is 11.9. The number of nitrogens with two attached hydrogens (primary N) is 1. The smallest absolute Gasteiger partial charge is 0.133 e. The molecule has 0 fully saturated rings. The zero-order chi connectivity index (χ0) is 10.9. The van der Waals surface area contributed by atoms with Gasteiger partial charge in [0.25, 0.3) is 0 Å². The Morgan fingerprint density at radius 3 is 2.64 bits per heavy atom. The molecule has 0 aliphatic heterocycles. The number of nitrogen functional groups attached to an aromatic ring is 1. The largest absolute Gasteiger partial charge is 0.383 e. The van der Waals surface area contributed by atoms with E-state index in [0.717, 1.165) is 4.88 Å². The van der Waals surface area contributed by atoms with Gasteiger partial charge in [-0.3, -0.25) is 5.41 Å². The lowest BCUT2D eigenvalue weighted by Crippen LogP contribution is -2.08. The van der Waals surface area contributed by atoms with Gasteiger partial charge in [-0.15, -0.1) is 11.3 Å². The van der Waals surface area contributed by atoms with Crippen LogP contribution in [0.2, 0.25) is 0 Å². The maximum atomic E-state index is 11.9. The number of rotatable bonds is 2. The molecule has 1 heterocycles. The van der Waals surface area contributed by atoms with E-state index < -0.39 is 9.73 Å². The van der Waals surface area contributed by atoms with Crippen LogP contribution in [0, 0.1) is 12.3 Å². The zero-order valence-corrected chi connectivity index (χ0v) is 9.96. The van der Waals surface area contributed by atoms with Crippen LogP contribution in [0.15, 0.2) is 15.3 Å². The number of aryl methyl sites for hydroxylation is 1. The molecule has 1 aromatic rings. The minimum atomic E-state index is -2.31. The van der Waals surface area contributed by atoms with Crippen molar-refractivity contribution in [2.75, 3.05) is 13.3 Å². The summed E-state index contributed by atoms with van der Waals surface area (Å²) in [7, 11) is -0.774. The number of nitrogens with zero attached hydrogens (tertiary/aromatic N) is 1. The molecule has 6 heteroatoms. The van der Waals surface area contributed by atoms with Crippen molar-refractivity contribution in [2.24, 2.45) is 10.1 Å². The lowest BCUT2D eigenvalue weighted by atomic mass is 10.4. The third-order valence-corrected chi connectivity index (χ3v) is 5.04. The summed E-state index contributed by atoms with van der Waals surface area (Å²) in [4.78, 5) is 2.25. The molecule has 0 aliphatic carbocycles. The Labute approximate surface area is 87.8 Å². The predicted octanol–water partition coefficient (Wildman–Crippen LogP) is 1.43. The minimum absolute atomic E-state index is 0.00986. The van der Waals surface area contributed by atoms with Crippen LogP contribution in [0.25, 0.3) is 0 Å². The molecule has 0 saturated heterocycles. The predicted molar refractivity (Wildman–Crippen MR) is 60.8 cm³/mol. The minimum Gasteiger partial charge on any atom is -0.383 e. The summed E-state index contributed by atoms with van der Waals surface area (Å²) >= 11 is 1.38. The van der Waals surface area contributed by atoms with E-state index in [1.807, 2.05) is 6.92 Å². The molecule has 4 nitrogen and oxygen atoms in total. The molecule has 1 rings (SSSR count). The van der Waals surface area contributed by atoms with Crippen LogP contribution >= 0.6 is 11.3 Å². The van der Waals surface area contributed by atoms with E-state index in [2.05, 4.69) is 4.36 Å². The average Bonchev–Trinajstić information content (AvgIpc) is 2.48. The molecule has 1 unspecified atom stereocenters. The first-order chi connectivity index (χ1) is 6.38. The lowest BCUT2D eigenvalue weighted by molar-refractivity contribution is 0.680. The average molecular weight is 231 g/mol. The fourth-order valence-corrected chi connectivity index (χ4v) is 3.58. The van der Waals surface area contributed by atoms with Crippen molar-refractivity contribution in [2.45, 2.75) is 11.8 Å². The van der Waals surface area contributed by atoms with Crippen LogP contribution in [0.1, 0.15) is 9.75 Å². The Hall–Kier alpha value is -0.880. The standard InChI is InChI=1S/C8H13N3OS2/c1-5-7(14(3,12)11-2)4-6(13-5)8(9)10/h4H,1-3H3,(H3,9,10). The monoisotopic (exact) mass is 231 g/mol. The van der Waals surface area contributed by atoms with Crippen molar-refractivity contribution in [3.8, 4) is 0 Å². The topological polar surface area (TPSA) is 79.3 Å². The molecule has 0 aromatic carbocycles. The zero-order valence-electron chi connectivity index (χ0n) is 8.33. The fraction of sp³-hybridized carbons (Fsp3) is 0.375. The van der Waals surface area contributed by atoms with Crippen LogP contribution in [0.4, 0.5) is 0 Å². The van der Waals surface area contributed by atoms with Gasteiger partial charge in [-0.05, 0) is 13.0 Å². The van der Waals surface area contributed by atoms with Crippen molar-refractivity contribution in [1.29, 1.82) is 5.41 Å². The highest BCUT2D eigenvalue weighted by Gasteiger charge is 2.14. The molecule has 0 saturated carbocycles. The van der Waals surface area contributed by atoms with Crippen LogP contribution in [0.3, 0.4) is 0 Å². The quantitative estimate of drug-likeness (QED) is 0.596. The van der Waals surface area contributed by atoms with Gasteiger partial charge in [0.05, 0.1) is 19.5 Å². The van der Waals surface area contributed by atoms with Crippen molar-refractivity contribution in [3.63, 3.8) is 0 Å². The highest BCUT2D eigenvalue weighted by Crippen LogP contribution is 2.26. The number of amidine groups is 1.